The molecule has 0 spiro atoms. The van der Waals surface area contributed by atoms with Crippen LogP contribution in [-0.4, -0.2) is 22.8 Å². The minimum Gasteiger partial charge on any atom is -0.337 e. The fourth-order valence-corrected chi connectivity index (χ4v) is 2.76. The van der Waals surface area contributed by atoms with Gasteiger partial charge in [-0.15, -0.1) is 0 Å². The number of amides is 1. The second kappa shape index (κ2) is 6.16. The van der Waals surface area contributed by atoms with Crippen molar-refractivity contribution in [3.63, 3.8) is 0 Å². The molecule has 0 aromatic rings. The van der Waals surface area contributed by atoms with E-state index in [0.717, 1.165) is 19.1 Å². The van der Waals surface area contributed by atoms with Crippen LogP contribution in [0.3, 0.4) is 0 Å². The van der Waals surface area contributed by atoms with Gasteiger partial charge in [0.2, 0.25) is 0 Å². The Hall–Kier alpha value is -0.510. The van der Waals surface area contributed by atoms with Gasteiger partial charge in [0.25, 0.3) is 5.24 Å². The van der Waals surface area contributed by atoms with Crippen LogP contribution in [0.2, 0.25) is 0 Å². The summed E-state index contributed by atoms with van der Waals surface area (Å²) in [6, 6.07) is -0.341. The standard InChI is InChI=1S/C11H19NO2S/c1-8(2)10(7-13)12-11(14)15-9-5-3-4-6-9/h7-10H,3-6H2,1-2H3,(H,12,14)/t10-/m1/s1. The van der Waals surface area contributed by atoms with Gasteiger partial charge in [0, 0.05) is 5.25 Å². The molecule has 1 saturated carbocycles. The molecule has 0 bridgehead atoms. The van der Waals surface area contributed by atoms with Crippen molar-refractivity contribution in [2.24, 2.45) is 5.92 Å². The number of hydrogen-bond acceptors (Lipinski definition) is 3. The second-order valence-electron chi connectivity index (χ2n) is 4.36. The molecule has 0 aromatic carbocycles. The van der Waals surface area contributed by atoms with Crippen molar-refractivity contribution < 1.29 is 9.59 Å². The van der Waals surface area contributed by atoms with E-state index in [-0.39, 0.29) is 17.2 Å². The molecule has 0 aromatic heterocycles. The molecule has 0 heterocycles. The number of aldehydes is 1. The molecule has 1 N–H and O–H groups in total. The first-order valence-corrected chi connectivity index (χ1v) is 6.44. The maximum Gasteiger partial charge on any atom is 0.279 e. The van der Waals surface area contributed by atoms with Crippen molar-refractivity contribution in [1.82, 2.24) is 5.32 Å². The first-order chi connectivity index (χ1) is 7.13. The largest absolute Gasteiger partial charge is 0.337 e. The zero-order chi connectivity index (χ0) is 11.3. The topological polar surface area (TPSA) is 46.2 Å². The Balaban J connectivity index is 2.30. The molecular formula is C11H19NO2S. The van der Waals surface area contributed by atoms with Gasteiger partial charge in [-0.05, 0) is 18.8 Å². The molecular weight excluding hydrogens is 210 g/mol. The molecule has 0 radical (unpaired) electrons. The molecule has 0 saturated heterocycles. The van der Waals surface area contributed by atoms with Crippen LogP contribution in [0.15, 0.2) is 0 Å². The van der Waals surface area contributed by atoms with E-state index < -0.39 is 0 Å². The third-order valence-corrected chi connectivity index (χ3v) is 3.86. The number of nitrogens with one attached hydrogen (secondary N) is 1. The highest BCUT2D eigenvalue weighted by atomic mass is 32.2. The van der Waals surface area contributed by atoms with Crippen LogP contribution in [0.1, 0.15) is 39.5 Å². The van der Waals surface area contributed by atoms with E-state index in [1.807, 2.05) is 13.8 Å². The lowest BCUT2D eigenvalue weighted by Crippen LogP contribution is -2.38. The van der Waals surface area contributed by atoms with Crippen LogP contribution < -0.4 is 5.32 Å². The van der Waals surface area contributed by atoms with Gasteiger partial charge in [-0.3, -0.25) is 4.79 Å². The first-order valence-electron chi connectivity index (χ1n) is 5.56. The monoisotopic (exact) mass is 229 g/mol. The van der Waals surface area contributed by atoms with Crippen LogP contribution in [0, 0.1) is 5.92 Å². The van der Waals surface area contributed by atoms with Crippen LogP contribution in [0.4, 0.5) is 4.79 Å². The van der Waals surface area contributed by atoms with Gasteiger partial charge >= 0.3 is 0 Å². The molecule has 1 aliphatic rings. The summed E-state index contributed by atoms with van der Waals surface area (Å²) in [7, 11) is 0. The minimum absolute atomic E-state index is 0.0484. The lowest BCUT2D eigenvalue weighted by molar-refractivity contribution is -0.110. The van der Waals surface area contributed by atoms with Crippen molar-refractivity contribution >= 4 is 23.3 Å². The van der Waals surface area contributed by atoms with Gasteiger partial charge in [-0.2, -0.15) is 0 Å². The van der Waals surface area contributed by atoms with Crippen molar-refractivity contribution in [2.45, 2.75) is 50.8 Å². The molecule has 4 heteroatoms. The third-order valence-electron chi connectivity index (χ3n) is 2.73. The summed E-state index contributed by atoms with van der Waals surface area (Å²) >= 11 is 1.36. The zero-order valence-electron chi connectivity index (χ0n) is 9.36. The SMILES string of the molecule is CC(C)[C@@H](C=O)NC(=O)SC1CCCC1. The van der Waals surface area contributed by atoms with E-state index in [4.69, 9.17) is 0 Å². The average Bonchev–Trinajstić information content (AvgIpc) is 2.66. The molecule has 0 aliphatic heterocycles. The Morgan fingerprint density at radius 3 is 2.47 bits per heavy atom. The average molecular weight is 229 g/mol. The summed E-state index contributed by atoms with van der Waals surface area (Å²) in [6.07, 6.45) is 5.54. The number of carbonyl (C=O) groups excluding carboxylic acids is 2. The molecule has 1 rings (SSSR count). The summed E-state index contributed by atoms with van der Waals surface area (Å²) in [6.45, 7) is 3.86. The molecule has 1 fully saturated rings. The third kappa shape index (κ3) is 4.24. The van der Waals surface area contributed by atoms with E-state index in [2.05, 4.69) is 5.32 Å². The lowest BCUT2D eigenvalue weighted by Gasteiger charge is -2.17. The highest BCUT2D eigenvalue weighted by Crippen LogP contribution is 2.29. The van der Waals surface area contributed by atoms with Crippen LogP contribution in [0.25, 0.3) is 0 Å². The zero-order valence-corrected chi connectivity index (χ0v) is 10.2. The van der Waals surface area contributed by atoms with Crippen molar-refractivity contribution in [3.05, 3.63) is 0 Å². The summed E-state index contributed by atoms with van der Waals surface area (Å²) in [5, 5.41) is 3.16. The first kappa shape index (κ1) is 12.6. The number of rotatable bonds is 4. The van der Waals surface area contributed by atoms with Gasteiger partial charge in [0.15, 0.2) is 0 Å². The predicted octanol–water partition coefficient (Wildman–Crippen LogP) is 2.60. The normalized spacial score (nSPS) is 19.1. The van der Waals surface area contributed by atoms with Gasteiger partial charge in [-0.1, -0.05) is 38.5 Å². The molecule has 1 amide bonds. The number of carbonyl (C=O) groups is 2. The second-order valence-corrected chi connectivity index (χ2v) is 5.64. The van der Waals surface area contributed by atoms with Crippen LogP contribution >= 0.6 is 11.8 Å². The Bertz CT molecular complexity index is 225. The van der Waals surface area contributed by atoms with E-state index in [0.29, 0.717) is 5.25 Å². The Kier molecular flexibility index (Phi) is 5.15. The van der Waals surface area contributed by atoms with Crippen LogP contribution in [-0.2, 0) is 4.79 Å². The Morgan fingerprint density at radius 1 is 1.40 bits per heavy atom. The van der Waals surface area contributed by atoms with Crippen molar-refractivity contribution in [1.29, 1.82) is 0 Å². The van der Waals surface area contributed by atoms with E-state index in [1.54, 1.807) is 0 Å². The van der Waals surface area contributed by atoms with E-state index in [9.17, 15) is 9.59 Å². The number of thioether (sulfide) groups is 1. The van der Waals surface area contributed by atoms with Crippen molar-refractivity contribution in [2.75, 3.05) is 0 Å². The molecule has 0 unspecified atom stereocenters. The maximum absolute atomic E-state index is 11.6. The quantitative estimate of drug-likeness (QED) is 0.754. The highest BCUT2D eigenvalue weighted by molar-refractivity contribution is 8.14. The smallest absolute Gasteiger partial charge is 0.279 e. The summed E-state index contributed by atoms with van der Waals surface area (Å²) < 4.78 is 0. The predicted molar refractivity (Wildman–Crippen MR) is 63.1 cm³/mol. The van der Waals surface area contributed by atoms with Crippen molar-refractivity contribution in [3.8, 4) is 0 Å². The van der Waals surface area contributed by atoms with E-state index >= 15 is 0 Å². The fraction of sp³-hybridized carbons (Fsp3) is 0.818. The minimum atomic E-state index is -0.341. The Labute approximate surface area is 95.4 Å². The van der Waals surface area contributed by atoms with Gasteiger partial charge in [-0.25, -0.2) is 0 Å². The van der Waals surface area contributed by atoms with Gasteiger partial charge in [0.05, 0.1) is 6.04 Å². The lowest BCUT2D eigenvalue weighted by atomic mass is 10.1. The Morgan fingerprint density at radius 2 is 2.00 bits per heavy atom. The highest BCUT2D eigenvalue weighted by Gasteiger charge is 2.21. The molecule has 1 aliphatic carbocycles. The molecule has 3 nitrogen and oxygen atoms in total. The van der Waals surface area contributed by atoms with Gasteiger partial charge in [0.1, 0.15) is 6.29 Å². The summed E-state index contributed by atoms with van der Waals surface area (Å²) in [5.74, 6) is 0.163. The van der Waals surface area contributed by atoms with Gasteiger partial charge < -0.3 is 10.1 Å². The molecule has 86 valence electrons. The van der Waals surface area contributed by atoms with E-state index in [1.165, 1.54) is 24.6 Å². The van der Waals surface area contributed by atoms with Crippen LogP contribution in [0.5, 0.6) is 0 Å². The fourth-order valence-electron chi connectivity index (χ4n) is 1.69. The molecule has 1 atom stereocenters. The summed E-state index contributed by atoms with van der Waals surface area (Å²) in [4.78, 5) is 22.3. The number of hydrogen-bond donors (Lipinski definition) is 1. The maximum atomic E-state index is 11.6. The summed E-state index contributed by atoms with van der Waals surface area (Å²) in [5.41, 5.74) is 0. The molecule has 15 heavy (non-hydrogen) atoms.